The van der Waals surface area contributed by atoms with Gasteiger partial charge in [-0.15, -0.1) is 0 Å². The molecule has 0 aliphatic heterocycles. The van der Waals surface area contributed by atoms with Gasteiger partial charge in [0.1, 0.15) is 0 Å². The molecule has 0 aliphatic carbocycles. The Balaban J connectivity index is 3.03. The molecule has 0 nitrogen and oxygen atoms in total. The van der Waals surface area contributed by atoms with Gasteiger partial charge in [-0.25, -0.2) is 0 Å². The lowest BCUT2D eigenvalue weighted by molar-refractivity contribution is 0.500. The van der Waals surface area contributed by atoms with Crippen LogP contribution in [0.5, 0.6) is 0 Å². The van der Waals surface area contributed by atoms with Gasteiger partial charge < -0.3 is 0 Å². The maximum Gasteiger partial charge on any atom is -0.0471 e. The van der Waals surface area contributed by atoms with Crippen molar-refractivity contribution in [1.29, 1.82) is 0 Å². The van der Waals surface area contributed by atoms with Crippen molar-refractivity contribution in [2.75, 3.05) is 0 Å². The summed E-state index contributed by atoms with van der Waals surface area (Å²) in [7, 11) is 0. The highest BCUT2D eigenvalue weighted by Gasteiger charge is 1.98. The van der Waals surface area contributed by atoms with Crippen molar-refractivity contribution in [3.05, 3.63) is 6.92 Å². The third-order valence-electron chi connectivity index (χ3n) is 10.3. The van der Waals surface area contributed by atoms with Crippen molar-refractivity contribution in [1.82, 2.24) is 0 Å². The lowest BCUT2D eigenvalue weighted by Gasteiger charge is -2.05. The Bertz CT molecular complexity index is 465. The summed E-state index contributed by atoms with van der Waals surface area (Å²) >= 11 is 0. The Kier molecular flexibility index (Phi) is 41.0. The highest BCUT2D eigenvalue weighted by atomic mass is 14.0. The van der Waals surface area contributed by atoms with Crippen molar-refractivity contribution in [3.8, 4) is 0 Å². The second-order valence-electron chi connectivity index (χ2n) is 15.5. The molecule has 265 valence electrons. The Morgan fingerprint density at radius 3 is 0.500 bits per heavy atom. The number of hydrogen-bond donors (Lipinski definition) is 0. The predicted molar refractivity (Wildman–Crippen MR) is 205 cm³/mol. The van der Waals surface area contributed by atoms with Crippen LogP contribution in [0.25, 0.3) is 0 Å². The third kappa shape index (κ3) is 42.0. The van der Waals surface area contributed by atoms with Gasteiger partial charge in [-0.3, -0.25) is 0 Å². The Hall–Kier alpha value is 0. The van der Waals surface area contributed by atoms with Gasteiger partial charge in [0.05, 0.1) is 0 Å². The Morgan fingerprint density at radius 2 is 0.364 bits per heavy atom. The molecule has 0 unspecified atom stereocenters. The molecule has 0 amide bonds. The average Bonchev–Trinajstić information content (AvgIpc) is 3.02. The topological polar surface area (TPSA) is 0 Å². The largest absolute Gasteiger partial charge is 0.0628 e. The van der Waals surface area contributed by atoms with E-state index < -0.39 is 0 Å². The second-order valence-corrected chi connectivity index (χ2v) is 15.5. The van der Waals surface area contributed by atoms with Crippen LogP contribution in [0.3, 0.4) is 0 Å². The fraction of sp³-hybridized carbons (Fsp3) is 0.977. The molecule has 0 aromatic carbocycles. The fourth-order valence-corrected chi connectivity index (χ4v) is 7.09. The highest BCUT2D eigenvalue weighted by Crippen LogP contribution is 2.18. The number of rotatable bonds is 40. The fourth-order valence-electron chi connectivity index (χ4n) is 7.09. The smallest absolute Gasteiger partial charge is 0.0471 e. The molecule has 0 saturated heterocycles. The summed E-state index contributed by atoms with van der Waals surface area (Å²) in [6.07, 6.45) is 58.8. The van der Waals surface area contributed by atoms with Crippen LogP contribution in [0.1, 0.15) is 271 Å². The standard InChI is InChI=1S/C44H89/c1-4-5-6-7-8-9-10-11-12-13-14-15-16-17-18-19-20-21-22-23-24-25-26-27-28-29-30-31-32-33-34-35-36-37-38-39-40-41-42-43-44(2)3/h44H,1,4-43H2,2-3H3. The molecule has 0 heteroatoms. The maximum atomic E-state index is 3.93. The van der Waals surface area contributed by atoms with Gasteiger partial charge in [-0.1, -0.05) is 278 Å². The summed E-state index contributed by atoms with van der Waals surface area (Å²) in [6, 6.07) is 0. The minimum absolute atomic E-state index is 0.896. The predicted octanol–water partition coefficient (Wildman–Crippen LogP) is 17.1. The van der Waals surface area contributed by atoms with E-state index >= 15 is 0 Å². The molecule has 0 atom stereocenters. The summed E-state index contributed by atoms with van der Waals surface area (Å²) in [6.45, 7) is 8.64. The molecule has 44 heavy (non-hydrogen) atoms. The minimum atomic E-state index is 0.896. The molecule has 0 spiro atoms. The molecular weight excluding hydrogens is 528 g/mol. The van der Waals surface area contributed by atoms with E-state index in [0.717, 1.165) is 12.3 Å². The van der Waals surface area contributed by atoms with Crippen LogP contribution in [-0.2, 0) is 0 Å². The van der Waals surface area contributed by atoms with E-state index in [1.807, 2.05) is 0 Å². The lowest BCUT2D eigenvalue weighted by Crippen LogP contribution is -1.87. The van der Waals surface area contributed by atoms with E-state index in [-0.39, 0.29) is 0 Å². The van der Waals surface area contributed by atoms with E-state index in [9.17, 15) is 0 Å². The van der Waals surface area contributed by atoms with Gasteiger partial charge in [-0.05, 0) is 5.92 Å². The first-order chi connectivity index (χ1) is 21.8. The molecule has 1 radical (unpaired) electrons. The maximum absolute atomic E-state index is 3.93. The zero-order chi connectivity index (χ0) is 31.9. The van der Waals surface area contributed by atoms with Gasteiger partial charge in [-0.2, -0.15) is 0 Å². The van der Waals surface area contributed by atoms with Crippen LogP contribution in [0.2, 0.25) is 0 Å². The van der Waals surface area contributed by atoms with E-state index in [0.29, 0.717) is 0 Å². The lowest BCUT2D eigenvalue weighted by atomic mass is 10.0. The van der Waals surface area contributed by atoms with E-state index in [1.54, 1.807) is 0 Å². The zero-order valence-corrected chi connectivity index (χ0v) is 31.6. The third-order valence-corrected chi connectivity index (χ3v) is 10.3. The molecule has 0 rings (SSSR count). The van der Waals surface area contributed by atoms with Gasteiger partial charge >= 0.3 is 0 Å². The van der Waals surface area contributed by atoms with Crippen LogP contribution < -0.4 is 0 Å². The van der Waals surface area contributed by atoms with Crippen molar-refractivity contribution in [3.63, 3.8) is 0 Å². The normalized spacial score (nSPS) is 11.7. The monoisotopic (exact) mass is 618 g/mol. The van der Waals surface area contributed by atoms with Crippen molar-refractivity contribution < 1.29 is 0 Å². The molecule has 0 aromatic rings. The van der Waals surface area contributed by atoms with Gasteiger partial charge in [0.2, 0.25) is 0 Å². The van der Waals surface area contributed by atoms with Crippen LogP contribution in [-0.4, -0.2) is 0 Å². The Labute approximate surface area is 282 Å². The zero-order valence-electron chi connectivity index (χ0n) is 31.6. The van der Waals surface area contributed by atoms with Crippen LogP contribution in [0, 0.1) is 12.8 Å². The van der Waals surface area contributed by atoms with Crippen molar-refractivity contribution in [2.45, 2.75) is 271 Å². The molecule has 0 aliphatic rings. The number of hydrogen-bond acceptors (Lipinski definition) is 0. The molecule has 0 bridgehead atoms. The first-order valence-corrected chi connectivity index (χ1v) is 21.6. The van der Waals surface area contributed by atoms with Crippen LogP contribution >= 0.6 is 0 Å². The number of unbranched alkanes of at least 4 members (excludes halogenated alkanes) is 38. The molecular formula is C44H89. The van der Waals surface area contributed by atoms with Crippen LogP contribution in [0.15, 0.2) is 0 Å². The molecule has 0 heterocycles. The van der Waals surface area contributed by atoms with Crippen molar-refractivity contribution in [2.24, 2.45) is 5.92 Å². The first kappa shape index (κ1) is 44.0. The average molecular weight is 618 g/mol. The summed E-state index contributed by atoms with van der Waals surface area (Å²) in [5, 5.41) is 0. The van der Waals surface area contributed by atoms with Crippen molar-refractivity contribution >= 4 is 0 Å². The molecule has 0 N–H and O–H groups in total. The van der Waals surface area contributed by atoms with Gasteiger partial charge in [0.15, 0.2) is 0 Å². The van der Waals surface area contributed by atoms with Gasteiger partial charge in [0, 0.05) is 0 Å². The minimum Gasteiger partial charge on any atom is -0.0628 e. The summed E-state index contributed by atoms with van der Waals surface area (Å²) in [5.74, 6) is 0.896. The molecule has 0 fully saturated rings. The summed E-state index contributed by atoms with van der Waals surface area (Å²) in [4.78, 5) is 0. The molecule has 0 aromatic heterocycles. The molecule has 0 saturated carbocycles. The van der Waals surface area contributed by atoms with E-state index in [1.165, 1.54) is 250 Å². The van der Waals surface area contributed by atoms with Gasteiger partial charge in [0.25, 0.3) is 0 Å². The second kappa shape index (κ2) is 41.0. The van der Waals surface area contributed by atoms with E-state index in [2.05, 4.69) is 20.8 Å². The highest BCUT2D eigenvalue weighted by molar-refractivity contribution is 4.54. The van der Waals surface area contributed by atoms with Crippen LogP contribution in [0.4, 0.5) is 0 Å². The summed E-state index contributed by atoms with van der Waals surface area (Å²) < 4.78 is 0. The van der Waals surface area contributed by atoms with E-state index in [4.69, 9.17) is 0 Å². The Morgan fingerprint density at radius 1 is 0.227 bits per heavy atom. The quantitative estimate of drug-likeness (QED) is 0.0600. The SMILES string of the molecule is [CH2]CCCCCCCCCCCCCCCCCCCCCCCCCCCCCCCCCCCCCCCCC(C)C. The summed E-state index contributed by atoms with van der Waals surface area (Å²) in [5.41, 5.74) is 0. The first-order valence-electron chi connectivity index (χ1n) is 21.6.